The van der Waals surface area contributed by atoms with Crippen LogP contribution in [0.4, 0.5) is 0 Å². The van der Waals surface area contributed by atoms with Gasteiger partial charge in [0.2, 0.25) is 0 Å². The number of phenols is 3. The molecule has 5 atom stereocenters. The van der Waals surface area contributed by atoms with Crippen molar-refractivity contribution in [1.29, 1.82) is 0 Å². The molecule has 1 heterocycles. The molecule has 1 aliphatic heterocycles. The summed E-state index contributed by atoms with van der Waals surface area (Å²) in [4.78, 5) is 39.0. The molecule has 4 rings (SSSR count). The number of phenolic OH excluding ortho intramolecular Hbond substituents is 2. The highest BCUT2D eigenvalue weighted by Gasteiger charge is 2.49. The van der Waals surface area contributed by atoms with E-state index >= 15 is 0 Å². The van der Waals surface area contributed by atoms with Crippen LogP contribution in [0.15, 0.2) is 6.07 Å². The summed E-state index contributed by atoms with van der Waals surface area (Å²) in [6.45, 7) is 5.02. The van der Waals surface area contributed by atoms with Gasteiger partial charge in [-0.1, -0.05) is 0 Å². The number of aromatic carboxylic acids is 1. The minimum absolute atomic E-state index is 0.273. The molecule has 0 amide bonds. The van der Waals surface area contributed by atoms with E-state index in [4.69, 9.17) is 9.47 Å². The number of benzene rings is 2. The van der Waals surface area contributed by atoms with E-state index in [1.54, 1.807) is 20.8 Å². The van der Waals surface area contributed by atoms with Gasteiger partial charge in [0, 0.05) is 11.1 Å². The van der Waals surface area contributed by atoms with Crippen molar-refractivity contribution in [2.75, 3.05) is 6.61 Å². The lowest BCUT2D eigenvalue weighted by atomic mass is 9.77. The normalized spacial score (nSPS) is 24.8. The molecule has 0 saturated carbocycles. The Morgan fingerprint density at radius 1 is 0.949 bits per heavy atom. The molecular weight excluding hydrogens is 520 g/mol. The summed E-state index contributed by atoms with van der Waals surface area (Å²) in [6, 6.07) is 0.779. The molecule has 1 saturated heterocycles. The van der Waals surface area contributed by atoms with Gasteiger partial charge in [0.15, 0.2) is 23.1 Å². The van der Waals surface area contributed by atoms with Crippen LogP contribution in [0.25, 0.3) is 0 Å². The Morgan fingerprint density at radius 2 is 1.54 bits per heavy atom. The van der Waals surface area contributed by atoms with Crippen LogP contribution in [0, 0.1) is 6.92 Å². The number of carbonyl (C=O) groups excluding carboxylic acids is 2. The zero-order valence-electron chi connectivity index (χ0n) is 21.3. The van der Waals surface area contributed by atoms with Gasteiger partial charge < -0.3 is 50.3 Å². The third-order valence-corrected chi connectivity index (χ3v) is 6.72. The summed E-state index contributed by atoms with van der Waals surface area (Å²) in [6.07, 6.45) is -8.85. The summed E-state index contributed by atoms with van der Waals surface area (Å²) < 4.78 is 11.4. The molecule has 39 heavy (non-hydrogen) atoms. The van der Waals surface area contributed by atoms with Gasteiger partial charge in [0.05, 0.1) is 23.3 Å². The fourth-order valence-corrected chi connectivity index (χ4v) is 4.98. The molecule has 2 aliphatic rings. The van der Waals surface area contributed by atoms with Crippen molar-refractivity contribution >= 4 is 17.5 Å². The zero-order chi connectivity index (χ0) is 29.3. The van der Waals surface area contributed by atoms with E-state index in [0.717, 1.165) is 6.07 Å². The van der Waals surface area contributed by atoms with Crippen molar-refractivity contribution in [2.45, 2.75) is 63.8 Å². The van der Waals surface area contributed by atoms with Crippen molar-refractivity contribution in [3.63, 3.8) is 0 Å². The zero-order valence-corrected chi connectivity index (χ0v) is 21.3. The fourth-order valence-electron chi connectivity index (χ4n) is 4.98. The first-order chi connectivity index (χ1) is 18.0. The van der Waals surface area contributed by atoms with Gasteiger partial charge in [0.1, 0.15) is 53.2 Å². The van der Waals surface area contributed by atoms with Gasteiger partial charge in [-0.25, -0.2) is 4.79 Å². The van der Waals surface area contributed by atoms with Crippen molar-refractivity contribution in [3.05, 3.63) is 45.0 Å². The molecule has 0 radical (unpaired) electrons. The van der Waals surface area contributed by atoms with Crippen LogP contribution < -0.4 is 4.74 Å². The molecule has 1 unspecified atom stereocenters. The number of fused-ring (bicyclic) bond motifs is 2. The number of aliphatic hydroxyl groups excluding tert-OH is 4. The van der Waals surface area contributed by atoms with Crippen LogP contribution >= 0.6 is 0 Å². The Morgan fingerprint density at radius 3 is 2.08 bits per heavy atom. The van der Waals surface area contributed by atoms with Crippen LogP contribution in [0.3, 0.4) is 0 Å². The maximum atomic E-state index is 13.7. The number of carboxylic acid groups (broad SMARTS) is 1. The fraction of sp³-hybridized carbons (Fsp3) is 0.423. The molecule has 0 aromatic heterocycles. The van der Waals surface area contributed by atoms with E-state index in [1.165, 1.54) is 6.92 Å². The Labute approximate surface area is 221 Å². The van der Waals surface area contributed by atoms with Crippen LogP contribution in [0.5, 0.6) is 23.0 Å². The predicted molar refractivity (Wildman–Crippen MR) is 130 cm³/mol. The molecule has 13 nitrogen and oxygen atoms in total. The second-order valence-electron chi connectivity index (χ2n) is 10.4. The molecule has 210 valence electrons. The number of carbonyl (C=O) groups is 3. The van der Waals surface area contributed by atoms with Gasteiger partial charge in [0.25, 0.3) is 0 Å². The molecular formula is C26H28O13. The van der Waals surface area contributed by atoms with Gasteiger partial charge >= 0.3 is 5.97 Å². The highest BCUT2D eigenvalue weighted by molar-refractivity contribution is 6.31. The number of aliphatic hydroxyl groups is 4. The van der Waals surface area contributed by atoms with Crippen molar-refractivity contribution in [1.82, 2.24) is 0 Å². The Bertz CT molecular complexity index is 1400. The highest BCUT2D eigenvalue weighted by Crippen LogP contribution is 2.53. The quantitative estimate of drug-likeness (QED) is 0.205. The lowest BCUT2D eigenvalue weighted by Crippen LogP contribution is -2.55. The number of ether oxygens (including phenoxy) is 2. The van der Waals surface area contributed by atoms with E-state index < -0.39 is 117 Å². The Hall–Kier alpha value is -3.75. The topological polar surface area (TPSA) is 232 Å². The number of aromatic hydroxyl groups is 3. The molecule has 0 bridgehead atoms. The second kappa shape index (κ2) is 9.47. The summed E-state index contributed by atoms with van der Waals surface area (Å²) in [5.41, 5.74) is -4.92. The smallest absolute Gasteiger partial charge is 0.339 e. The van der Waals surface area contributed by atoms with Crippen molar-refractivity contribution < 1.29 is 64.7 Å². The van der Waals surface area contributed by atoms with Crippen LogP contribution in [-0.2, 0) is 4.74 Å². The third-order valence-electron chi connectivity index (χ3n) is 6.72. The van der Waals surface area contributed by atoms with E-state index in [-0.39, 0.29) is 5.56 Å². The van der Waals surface area contributed by atoms with Crippen molar-refractivity contribution in [2.24, 2.45) is 0 Å². The van der Waals surface area contributed by atoms with E-state index in [9.17, 15) is 55.2 Å². The summed E-state index contributed by atoms with van der Waals surface area (Å²) in [7, 11) is 0. The monoisotopic (exact) mass is 548 g/mol. The van der Waals surface area contributed by atoms with Crippen molar-refractivity contribution in [3.8, 4) is 23.0 Å². The first kappa shape index (κ1) is 28.3. The van der Waals surface area contributed by atoms with Crippen LogP contribution in [-0.4, -0.2) is 95.0 Å². The molecule has 2 aromatic carbocycles. The Kier molecular flexibility index (Phi) is 6.86. The lowest BCUT2D eigenvalue weighted by Gasteiger charge is -2.41. The maximum absolute atomic E-state index is 13.7. The molecule has 13 heteroatoms. The standard InChI is InChI=1S/C26H28O13/c1-7-11-8(5-9(28)12(7)25(36)37)16(29)13-14(18(11)31)19(32)15(24(20(13)33)39-26(2,3)4)23-22(35)21(34)17(30)10(6-27)38-23/h5,10,17,21-23,27-28,30,32-35H,6H2,1-4H3,(H,36,37)/t10-,17-,21+,22-,23?/m1/s1. The van der Waals surface area contributed by atoms with E-state index in [1.807, 2.05) is 0 Å². The average molecular weight is 548 g/mol. The SMILES string of the molecule is Cc1c(C(=O)O)c(O)cc2c1C(=O)c1c(O)c(C3O[C@H](CO)[C@@H](O)[C@H](O)[C@H]3O)c(OC(C)(C)C)c(O)c1C2=O. The summed E-state index contributed by atoms with van der Waals surface area (Å²) in [5.74, 6) is -7.01. The molecule has 1 fully saturated rings. The summed E-state index contributed by atoms with van der Waals surface area (Å²) >= 11 is 0. The van der Waals surface area contributed by atoms with Gasteiger partial charge in [-0.2, -0.15) is 0 Å². The second-order valence-corrected chi connectivity index (χ2v) is 10.4. The Balaban J connectivity index is 2.07. The van der Waals surface area contributed by atoms with Gasteiger partial charge in [-0.05, 0) is 39.3 Å². The number of ketones is 2. The molecule has 0 spiro atoms. The van der Waals surface area contributed by atoms with E-state index in [2.05, 4.69) is 0 Å². The number of hydrogen-bond donors (Lipinski definition) is 8. The largest absolute Gasteiger partial charge is 0.507 e. The minimum atomic E-state index is -1.97. The van der Waals surface area contributed by atoms with E-state index in [0.29, 0.717) is 0 Å². The predicted octanol–water partition coefficient (Wildman–Crippen LogP) is 0.278. The highest BCUT2D eigenvalue weighted by atomic mass is 16.5. The van der Waals surface area contributed by atoms with Crippen LogP contribution in [0.2, 0.25) is 0 Å². The number of rotatable bonds is 4. The first-order valence-electron chi connectivity index (χ1n) is 11.8. The van der Waals surface area contributed by atoms with Gasteiger partial charge in [-0.3, -0.25) is 9.59 Å². The number of carboxylic acids is 1. The number of hydrogen-bond acceptors (Lipinski definition) is 12. The minimum Gasteiger partial charge on any atom is -0.507 e. The summed E-state index contributed by atoms with van der Waals surface area (Å²) in [5, 5.41) is 83.4. The first-order valence-corrected chi connectivity index (χ1v) is 11.8. The maximum Gasteiger partial charge on any atom is 0.339 e. The lowest BCUT2D eigenvalue weighted by molar-refractivity contribution is -0.232. The van der Waals surface area contributed by atoms with Crippen LogP contribution in [0.1, 0.15) is 80.2 Å². The third kappa shape index (κ3) is 4.28. The molecule has 8 N–H and O–H groups in total. The average Bonchev–Trinajstić information content (AvgIpc) is 2.82. The van der Waals surface area contributed by atoms with Gasteiger partial charge in [-0.15, -0.1) is 0 Å². The molecule has 1 aliphatic carbocycles. The molecule has 2 aromatic rings.